The highest BCUT2D eigenvalue weighted by Gasteiger charge is 2.24. The fourth-order valence-corrected chi connectivity index (χ4v) is 3.63. The molecule has 0 bridgehead atoms. The van der Waals surface area contributed by atoms with Gasteiger partial charge in [0.25, 0.3) is 0 Å². The number of aromatic amines is 1. The van der Waals surface area contributed by atoms with Crippen LogP contribution in [0.15, 0.2) is 42.5 Å². The van der Waals surface area contributed by atoms with E-state index in [9.17, 15) is 4.79 Å². The zero-order chi connectivity index (χ0) is 16.7. The number of rotatable bonds is 2. The van der Waals surface area contributed by atoms with Crippen LogP contribution in [0.4, 0.5) is 0 Å². The third-order valence-corrected chi connectivity index (χ3v) is 5.09. The Morgan fingerprint density at radius 1 is 1.17 bits per heavy atom. The molecule has 0 aliphatic carbocycles. The van der Waals surface area contributed by atoms with E-state index in [2.05, 4.69) is 49.2 Å². The zero-order valence-corrected chi connectivity index (χ0v) is 14.2. The predicted molar refractivity (Wildman–Crippen MR) is 97.0 cm³/mol. The number of fused-ring (bicyclic) bond motifs is 3. The van der Waals surface area contributed by atoms with Crippen molar-refractivity contribution in [2.45, 2.75) is 33.2 Å². The molecule has 3 aromatic rings. The molecule has 0 spiro atoms. The lowest BCUT2D eigenvalue weighted by Gasteiger charge is -2.27. The van der Waals surface area contributed by atoms with E-state index in [0.717, 1.165) is 18.5 Å². The normalized spacial score (nSPS) is 14.0. The molecule has 0 fully saturated rings. The molecule has 1 N–H and O–H groups in total. The summed E-state index contributed by atoms with van der Waals surface area (Å²) in [6, 6.07) is 14.7. The van der Waals surface area contributed by atoms with Gasteiger partial charge in [0.2, 0.25) is 5.91 Å². The highest BCUT2D eigenvalue weighted by molar-refractivity contribution is 5.87. The van der Waals surface area contributed by atoms with Crippen LogP contribution < -0.4 is 0 Å². The minimum absolute atomic E-state index is 0.219. The van der Waals surface area contributed by atoms with Crippen LogP contribution in [0.25, 0.3) is 10.9 Å². The Morgan fingerprint density at radius 3 is 2.83 bits per heavy atom. The van der Waals surface area contributed by atoms with Crippen LogP contribution in [-0.2, 0) is 24.2 Å². The molecule has 0 saturated carbocycles. The van der Waals surface area contributed by atoms with Crippen LogP contribution in [0.3, 0.4) is 0 Å². The summed E-state index contributed by atoms with van der Waals surface area (Å²) in [6.07, 6.45) is 1.39. The number of hydrogen-bond donors (Lipinski definition) is 1. The fraction of sp³-hybridized carbons (Fsp3) is 0.286. The van der Waals surface area contributed by atoms with Gasteiger partial charge in [-0.25, -0.2) is 0 Å². The molecule has 24 heavy (non-hydrogen) atoms. The molecule has 122 valence electrons. The van der Waals surface area contributed by atoms with Crippen LogP contribution >= 0.6 is 0 Å². The lowest BCUT2D eigenvalue weighted by atomic mass is 10.0. The monoisotopic (exact) mass is 318 g/mol. The lowest BCUT2D eigenvalue weighted by molar-refractivity contribution is -0.131. The molecule has 1 aromatic heterocycles. The highest BCUT2D eigenvalue weighted by Crippen LogP contribution is 2.28. The van der Waals surface area contributed by atoms with Crippen molar-refractivity contribution >= 4 is 16.8 Å². The van der Waals surface area contributed by atoms with E-state index < -0.39 is 0 Å². The Morgan fingerprint density at radius 2 is 2.00 bits per heavy atom. The van der Waals surface area contributed by atoms with Crippen molar-refractivity contribution in [3.05, 3.63) is 70.4 Å². The topological polar surface area (TPSA) is 36.1 Å². The first-order valence-electron chi connectivity index (χ1n) is 8.54. The Bertz CT molecular complexity index is 923. The van der Waals surface area contributed by atoms with Gasteiger partial charge in [-0.15, -0.1) is 0 Å². The molecule has 3 heteroatoms. The van der Waals surface area contributed by atoms with Gasteiger partial charge in [0.1, 0.15) is 0 Å². The van der Waals surface area contributed by atoms with E-state index in [4.69, 9.17) is 0 Å². The average Bonchev–Trinajstić information content (AvgIpc) is 2.93. The average molecular weight is 318 g/mol. The lowest BCUT2D eigenvalue weighted by Crippen LogP contribution is -2.36. The van der Waals surface area contributed by atoms with Crippen molar-refractivity contribution in [2.24, 2.45) is 0 Å². The second kappa shape index (κ2) is 5.82. The summed E-state index contributed by atoms with van der Waals surface area (Å²) in [5.41, 5.74) is 7.33. The molecule has 1 aliphatic rings. The number of nitrogens with one attached hydrogen (secondary N) is 1. The first-order chi connectivity index (χ1) is 11.6. The highest BCUT2D eigenvalue weighted by atomic mass is 16.2. The molecule has 1 aliphatic heterocycles. The number of aromatic nitrogens is 1. The first kappa shape index (κ1) is 15.0. The van der Waals surface area contributed by atoms with Crippen molar-refractivity contribution in [1.82, 2.24) is 9.88 Å². The quantitative estimate of drug-likeness (QED) is 0.764. The third kappa shape index (κ3) is 2.60. The van der Waals surface area contributed by atoms with Crippen molar-refractivity contribution < 1.29 is 4.79 Å². The summed E-state index contributed by atoms with van der Waals surface area (Å²) in [6.45, 7) is 5.68. The number of carbonyl (C=O) groups excluding carboxylic acids is 1. The largest absolute Gasteiger partial charge is 0.358 e. The standard InChI is InChI=1S/C21H22N2O/c1-14-7-8-17-18-13-23(10-9-19(18)22-20(17)11-14)21(24)12-16-6-4-3-5-15(16)2/h3-8,11,22H,9-10,12-13H2,1-2H3. The van der Waals surface area contributed by atoms with Crippen molar-refractivity contribution in [2.75, 3.05) is 6.54 Å². The Balaban J connectivity index is 1.58. The molecule has 0 unspecified atom stereocenters. The number of amides is 1. The fourth-order valence-electron chi connectivity index (χ4n) is 3.63. The maximum Gasteiger partial charge on any atom is 0.227 e. The number of aryl methyl sites for hydroxylation is 2. The minimum Gasteiger partial charge on any atom is -0.358 e. The van der Waals surface area contributed by atoms with Crippen molar-refractivity contribution in [1.29, 1.82) is 0 Å². The predicted octanol–water partition coefficient (Wildman–Crippen LogP) is 3.91. The molecular formula is C21H22N2O. The van der Waals surface area contributed by atoms with Crippen LogP contribution in [0.5, 0.6) is 0 Å². The smallest absolute Gasteiger partial charge is 0.227 e. The molecule has 0 saturated heterocycles. The Hall–Kier alpha value is -2.55. The maximum absolute atomic E-state index is 12.8. The molecule has 3 nitrogen and oxygen atoms in total. The second-order valence-electron chi connectivity index (χ2n) is 6.80. The Kier molecular flexibility index (Phi) is 3.64. The van der Waals surface area contributed by atoms with E-state index in [1.54, 1.807) is 0 Å². The summed E-state index contributed by atoms with van der Waals surface area (Å²) in [5.74, 6) is 0.219. The molecule has 2 aromatic carbocycles. The number of hydrogen-bond acceptors (Lipinski definition) is 1. The molecule has 4 rings (SSSR count). The second-order valence-corrected chi connectivity index (χ2v) is 6.80. The van der Waals surface area contributed by atoms with E-state index in [1.807, 2.05) is 17.0 Å². The number of H-pyrrole nitrogens is 1. The first-order valence-corrected chi connectivity index (χ1v) is 8.54. The third-order valence-electron chi connectivity index (χ3n) is 5.09. The van der Waals surface area contributed by atoms with Crippen LogP contribution in [-0.4, -0.2) is 22.3 Å². The van der Waals surface area contributed by atoms with Gasteiger partial charge in [0, 0.05) is 41.7 Å². The molecule has 0 atom stereocenters. The van der Waals surface area contributed by atoms with Gasteiger partial charge >= 0.3 is 0 Å². The van der Waals surface area contributed by atoms with E-state index in [-0.39, 0.29) is 5.91 Å². The van der Waals surface area contributed by atoms with Gasteiger partial charge < -0.3 is 9.88 Å². The molecule has 2 heterocycles. The van der Waals surface area contributed by atoms with E-state index >= 15 is 0 Å². The number of benzene rings is 2. The van der Waals surface area contributed by atoms with Crippen molar-refractivity contribution in [3.63, 3.8) is 0 Å². The van der Waals surface area contributed by atoms with Gasteiger partial charge in [-0.3, -0.25) is 4.79 Å². The van der Waals surface area contributed by atoms with Gasteiger partial charge in [-0.2, -0.15) is 0 Å². The Labute approximate surface area is 142 Å². The number of nitrogens with zero attached hydrogens (tertiary/aromatic N) is 1. The van der Waals surface area contributed by atoms with Gasteiger partial charge in [-0.05, 0) is 36.6 Å². The van der Waals surface area contributed by atoms with Crippen LogP contribution in [0.1, 0.15) is 27.9 Å². The molecule has 1 amide bonds. The van der Waals surface area contributed by atoms with Crippen molar-refractivity contribution in [3.8, 4) is 0 Å². The minimum atomic E-state index is 0.219. The number of carbonyl (C=O) groups is 1. The van der Waals surface area contributed by atoms with Crippen LogP contribution in [0.2, 0.25) is 0 Å². The summed E-state index contributed by atoms with van der Waals surface area (Å²) >= 11 is 0. The maximum atomic E-state index is 12.8. The summed E-state index contributed by atoms with van der Waals surface area (Å²) < 4.78 is 0. The van der Waals surface area contributed by atoms with E-state index in [0.29, 0.717) is 13.0 Å². The summed E-state index contributed by atoms with van der Waals surface area (Å²) in [5, 5.41) is 1.25. The van der Waals surface area contributed by atoms with Crippen LogP contribution in [0, 0.1) is 13.8 Å². The zero-order valence-electron chi connectivity index (χ0n) is 14.2. The SMILES string of the molecule is Cc1ccc2c3c([nH]c2c1)CCN(C(=O)Cc1ccccc1C)C3. The molecular weight excluding hydrogens is 296 g/mol. The summed E-state index contributed by atoms with van der Waals surface area (Å²) in [4.78, 5) is 18.3. The van der Waals surface area contributed by atoms with Gasteiger partial charge in [-0.1, -0.05) is 36.4 Å². The van der Waals surface area contributed by atoms with Gasteiger partial charge in [0.15, 0.2) is 0 Å². The molecule has 0 radical (unpaired) electrons. The van der Waals surface area contributed by atoms with Gasteiger partial charge in [0.05, 0.1) is 6.42 Å². The van der Waals surface area contributed by atoms with E-state index in [1.165, 1.54) is 33.3 Å². The summed E-state index contributed by atoms with van der Waals surface area (Å²) in [7, 11) is 0.